The Kier molecular flexibility index (Phi) is 4.34. The molecule has 0 unspecified atom stereocenters. The molecule has 0 spiro atoms. The summed E-state index contributed by atoms with van der Waals surface area (Å²) in [6.07, 6.45) is 7.30. The summed E-state index contributed by atoms with van der Waals surface area (Å²) in [5.74, 6) is 1.54. The van der Waals surface area contributed by atoms with Crippen molar-refractivity contribution >= 4 is 21.7 Å². The molecule has 0 atom stereocenters. The summed E-state index contributed by atoms with van der Waals surface area (Å²) in [6, 6.07) is 8.26. The first kappa shape index (κ1) is 17.9. The second kappa shape index (κ2) is 7.03. The third kappa shape index (κ3) is 3.09. The average Bonchev–Trinajstić information content (AvgIpc) is 3.16. The van der Waals surface area contributed by atoms with Gasteiger partial charge in [0.1, 0.15) is 6.10 Å². The third-order valence-corrected chi connectivity index (χ3v) is 5.67. The standard InChI is InChI=1S/C23H24N4O2/c1-13(2)22-21(14-7-8-24-20(10-14)28-3)17-9-15-12-25-27-19(15)11-18(17)23(26-22)29-16-5-4-6-16/h7-13,16H,4-6H2,1-3H3,(H,25,27). The second-order valence-corrected chi connectivity index (χ2v) is 7.94. The maximum Gasteiger partial charge on any atom is 0.221 e. The van der Waals surface area contributed by atoms with E-state index in [9.17, 15) is 0 Å². The van der Waals surface area contributed by atoms with Crippen molar-refractivity contribution in [2.75, 3.05) is 7.11 Å². The molecule has 6 heteroatoms. The molecule has 3 heterocycles. The van der Waals surface area contributed by atoms with Crippen LogP contribution in [0.15, 0.2) is 36.7 Å². The van der Waals surface area contributed by atoms with E-state index < -0.39 is 0 Å². The van der Waals surface area contributed by atoms with Gasteiger partial charge in [-0.2, -0.15) is 5.10 Å². The van der Waals surface area contributed by atoms with Crippen LogP contribution in [0.25, 0.3) is 32.8 Å². The highest BCUT2D eigenvalue weighted by atomic mass is 16.5. The summed E-state index contributed by atoms with van der Waals surface area (Å²) in [5.41, 5.74) is 4.13. The van der Waals surface area contributed by atoms with Crippen LogP contribution in [0.5, 0.6) is 11.8 Å². The Hall–Kier alpha value is -3.15. The van der Waals surface area contributed by atoms with Crippen LogP contribution in [0.4, 0.5) is 0 Å². The molecular weight excluding hydrogens is 364 g/mol. The lowest BCUT2D eigenvalue weighted by atomic mass is 9.92. The lowest BCUT2D eigenvalue weighted by Crippen LogP contribution is -2.25. The van der Waals surface area contributed by atoms with Gasteiger partial charge in [-0.05, 0) is 54.3 Å². The lowest BCUT2D eigenvalue weighted by molar-refractivity contribution is 0.116. The number of aromatic amines is 1. The number of aromatic nitrogens is 4. The maximum absolute atomic E-state index is 6.33. The Bertz CT molecular complexity index is 1190. The van der Waals surface area contributed by atoms with Crippen LogP contribution in [0, 0.1) is 0 Å². The Balaban J connectivity index is 1.83. The highest BCUT2D eigenvalue weighted by Crippen LogP contribution is 2.41. The van der Waals surface area contributed by atoms with Crippen molar-refractivity contribution in [1.29, 1.82) is 0 Å². The Morgan fingerprint density at radius 1 is 1.14 bits per heavy atom. The molecule has 1 aliphatic carbocycles. The number of rotatable bonds is 5. The summed E-state index contributed by atoms with van der Waals surface area (Å²) >= 11 is 0. The van der Waals surface area contributed by atoms with Crippen LogP contribution in [0.3, 0.4) is 0 Å². The molecule has 0 bridgehead atoms. The summed E-state index contributed by atoms with van der Waals surface area (Å²) in [5, 5.41) is 10.5. The molecule has 1 aromatic carbocycles. The van der Waals surface area contributed by atoms with Gasteiger partial charge < -0.3 is 9.47 Å². The molecule has 0 aliphatic heterocycles. The fourth-order valence-corrected chi connectivity index (χ4v) is 3.87. The minimum atomic E-state index is 0.234. The van der Waals surface area contributed by atoms with Gasteiger partial charge >= 0.3 is 0 Å². The van der Waals surface area contributed by atoms with Gasteiger partial charge in [-0.3, -0.25) is 5.10 Å². The van der Waals surface area contributed by atoms with E-state index in [1.807, 2.05) is 18.3 Å². The number of fused-ring (bicyclic) bond motifs is 2. The van der Waals surface area contributed by atoms with Crippen molar-refractivity contribution in [1.82, 2.24) is 20.2 Å². The van der Waals surface area contributed by atoms with Gasteiger partial charge in [-0.1, -0.05) is 13.8 Å². The minimum Gasteiger partial charge on any atom is -0.481 e. The number of pyridine rings is 2. The molecule has 6 nitrogen and oxygen atoms in total. The first-order valence-electron chi connectivity index (χ1n) is 10.1. The highest BCUT2D eigenvalue weighted by Gasteiger charge is 2.24. The molecule has 1 saturated carbocycles. The Morgan fingerprint density at radius 2 is 2.00 bits per heavy atom. The van der Waals surface area contributed by atoms with Crippen molar-refractivity contribution in [3.63, 3.8) is 0 Å². The molecule has 1 aliphatic rings. The fourth-order valence-electron chi connectivity index (χ4n) is 3.87. The van der Waals surface area contributed by atoms with E-state index in [1.165, 1.54) is 6.42 Å². The zero-order valence-electron chi connectivity index (χ0n) is 16.9. The maximum atomic E-state index is 6.33. The van der Waals surface area contributed by atoms with Gasteiger partial charge in [-0.15, -0.1) is 0 Å². The first-order valence-corrected chi connectivity index (χ1v) is 10.1. The van der Waals surface area contributed by atoms with Gasteiger partial charge in [0, 0.05) is 28.6 Å². The van der Waals surface area contributed by atoms with E-state index >= 15 is 0 Å². The molecular formula is C23H24N4O2. The number of nitrogens with zero attached hydrogens (tertiary/aromatic N) is 3. The Labute approximate surface area is 169 Å². The van der Waals surface area contributed by atoms with Gasteiger partial charge in [0.15, 0.2) is 0 Å². The van der Waals surface area contributed by atoms with Crippen LogP contribution in [0.2, 0.25) is 0 Å². The lowest BCUT2D eigenvalue weighted by Gasteiger charge is -2.27. The largest absolute Gasteiger partial charge is 0.481 e. The predicted octanol–water partition coefficient (Wildman–Crippen LogP) is 5.24. The third-order valence-electron chi connectivity index (χ3n) is 5.67. The van der Waals surface area contributed by atoms with E-state index in [0.29, 0.717) is 5.88 Å². The predicted molar refractivity (Wildman–Crippen MR) is 114 cm³/mol. The number of hydrogen-bond donors (Lipinski definition) is 1. The molecule has 1 N–H and O–H groups in total. The monoisotopic (exact) mass is 388 g/mol. The van der Waals surface area contributed by atoms with Crippen LogP contribution in [0.1, 0.15) is 44.7 Å². The smallest absolute Gasteiger partial charge is 0.221 e. The molecule has 5 rings (SSSR count). The van der Waals surface area contributed by atoms with Gasteiger partial charge in [-0.25, -0.2) is 9.97 Å². The summed E-state index contributed by atoms with van der Waals surface area (Å²) in [6.45, 7) is 4.33. The van der Waals surface area contributed by atoms with Crippen molar-refractivity contribution in [3.8, 4) is 22.9 Å². The number of nitrogens with one attached hydrogen (secondary N) is 1. The molecule has 0 amide bonds. The zero-order valence-corrected chi connectivity index (χ0v) is 16.9. The number of H-pyrrole nitrogens is 1. The topological polar surface area (TPSA) is 72.9 Å². The second-order valence-electron chi connectivity index (χ2n) is 7.94. The van der Waals surface area contributed by atoms with Crippen LogP contribution >= 0.6 is 0 Å². The summed E-state index contributed by atoms with van der Waals surface area (Å²) in [7, 11) is 1.64. The zero-order chi connectivity index (χ0) is 20.0. The summed E-state index contributed by atoms with van der Waals surface area (Å²) in [4.78, 5) is 9.30. The van der Waals surface area contributed by atoms with Gasteiger partial charge in [0.05, 0.1) is 24.5 Å². The van der Waals surface area contributed by atoms with Gasteiger partial charge in [0.25, 0.3) is 0 Å². The van der Waals surface area contributed by atoms with E-state index in [2.05, 4.69) is 41.2 Å². The van der Waals surface area contributed by atoms with E-state index in [4.69, 9.17) is 14.5 Å². The Morgan fingerprint density at radius 3 is 2.72 bits per heavy atom. The van der Waals surface area contributed by atoms with E-state index in [-0.39, 0.29) is 12.0 Å². The van der Waals surface area contributed by atoms with Crippen molar-refractivity contribution in [3.05, 3.63) is 42.4 Å². The first-order chi connectivity index (χ1) is 14.1. The molecule has 4 aromatic rings. The number of ether oxygens (including phenoxy) is 2. The van der Waals surface area contributed by atoms with Gasteiger partial charge in [0.2, 0.25) is 11.8 Å². The quantitative estimate of drug-likeness (QED) is 0.506. The normalized spacial score (nSPS) is 14.5. The van der Waals surface area contributed by atoms with Crippen molar-refractivity contribution in [2.24, 2.45) is 0 Å². The average molecular weight is 388 g/mol. The molecule has 148 valence electrons. The molecule has 0 saturated heterocycles. The van der Waals surface area contributed by atoms with E-state index in [1.54, 1.807) is 13.3 Å². The molecule has 3 aromatic heterocycles. The summed E-state index contributed by atoms with van der Waals surface area (Å²) < 4.78 is 11.7. The van der Waals surface area contributed by atoms with Crippen LogP contribution < -0.4 is 9.47 Å². The molecule has 1 fully saturated rings. The fraction of sp³-hybridized carbons (Fsp3) is 0.348. The van der Waals surface area contributed by atoms with Crippen LogP contribution in [-0.2, 0) is 0 Å². The molecule has 0 radical (unpaired) electrons. The number of benzene rings is 1. The number of hydrogen-bond acceptors (Lipinski definition) is 5. The van der Waals surface area contributed by atoms with Crippen LogP contribution in [-0.4, -0.2) is 33.4 Å². The van der Waals surface area contributed by atoms with Crippen molar-refractivity contribution in [2.45, 2.75) is 45.1 Å². The minimum absolute atomic E-state index is 0.234. The number of methoxy groups -OCH3 is 1. The highest BCUT2D eigenvalue weighted by molar-refractivity contribution is 6.06. The van der Waals surface area contributed by atoms with E-state index in [0.717, 1.165) is 57.2 Å². The molecule has 29 heavy (non-hydrogen) atoms. The SMILES string of the molecule is COc1cc(-c2c(C(C)C)nc(OC3CCC3)c3cc4[nH]ncc4cc23)ccn1. The van der Waals surface area contributed by atoms with Crippen molar-refractivity contribution < 1.29 is 9.47 Å².